The van der Waals surface area contributed by atoms with Gasteiger partial charge in [0.1, 0.15) is 0 Å². The smallest absolute Gasteiger partial charge is 0.240 e. The van der Waals surface area contributed by atoms with Crippen molar-refractivity contribution in [2.24, 2.45) is 17.8 Å². The van der Waals surface area contributed by atoms with Crippen molar-refractivity contribution < 1.29 is 4.79 Å². The molecule has 0 aromatic rings. The molecule has 0 spiro atoms. The Bertz CT molecular complexity index is 350. The summed E-state index contributed by atoms with van der Waals surface area (Å²) < 4.78 is 0. The quantitative estimate of drug-likeness (QED) is 0.842. The Hall–Kier alpha value is -0.610. The summed E-state index contributed by atoms with van der Waals surface area (Å²) in [7, 11) is 0. The molecular weight excluding hydrogens is 250 g/mol. The standard InChI is InChI=1S/C16H29N3O/c1-12(2)11-18-6-8-19(9-7-18)16(20)15-14-5-3-4-13(14)10-17-15/h12-15,17H,3-11H2,1-2H3. The SMILES string of the molecule is CC(C)CN1CCN(C(=O)C2NCC3CCCC32)CC1. The van der Waals surface area contributed by atoms with Crippen molar-refractivity contribution in [1.29, 1.82) is 0 Å². The second-order valence-corrected chi connectivity index (χ2v) is 7.26. The molecule has 0 aromatic carbocycles. The molecule has 0 bridgehead atoms. The molecule has 2 saturated heterocycles. The van der Waals surface area contributed by atoms with Crippen LogP contribution >= 0.6 is 0 Å². The highest BCUT2D eigenvalue weighted by molar-refractivity contribution is 5.83. The summed E-state index contributed by atoms with van der Waals surface area (Å²) in [5.74, 6) is 2.49. The lowest BCUT2D eigenvalue weighted by Crippen LogP contribution is -2.54. The predicted octanol–water partition coefficient (Wildman–Crippen LogP) is 1.17. The van der Waals surface area contributed by atoms with Crippen molar-refractivity contribution >= 4 is 5.91 Å². The van der Waals surface area contributed by atoms with Crippen molar-refractivity contribution in [3.05, 3.63) is 0 Å². The topological polar surface area (TPSA) is 35.6 Å². The van der Waals surface area contributed by atoms with Gasteiger partial charge in [0.15, 0.2) is 0 Å². The summed E-state index contributed by atoms with van der Waals surface area (Å²) in [6, 6.07) is 0.124. The van der Waals surface area contributed by atoms with Gasteiger partial charge in [-0.2, -0.15) is 0 Å². The van der Waals surface area contributed by atoms with Crippen LogP contribution in [0.1, 0.15) is 33.1 Å². The van der Waals surface area contributed by atoms with Crippen LogP contribution in [0.3, 0.4) is 0 Å². The summed E-state index contributed by atoms with van der Waals surface area (Å²) >= 11 is 0. The van der Waals surface area contributed by atoms with Crippen LogP contribution in [0.4, 0.5) is 0 Å². The third-order valence-corrected chi connectivity index (χ3v) is 5.32. The molecule has 4 nitrogen and oxygen atoms in total. The highest BCUT2D eigenvalue weighted by Crippen LogP contribution is 2.38. The second-order valence-electron chi connectivity index (χ2n) is 7.26. The van der Waals surface area contributed by atoms with Gasteiger partial charge >= 0.3 is 0 Å². The van der Waals surface area contributed by atoms with Gasteiger partial charge in [0, 0.05) is 32.7 Å². The first-order chi connectivity index (χ1) is 9.65. The first kappa shape index (κ1) is 14.3. The van der Waals surface area contributed by atoms with Gasteiger partial charge in [-0.25, -0.2) is 0 Å². The number of fused-ring (bicyclic) bond motifs is 1. The molecule has 1 aliphatic carbocycles. The first-order valence-electron chi connectivity index (χ1n) is 8.39. The number of piperazine rings is 1. The van der Waals surface area contributed by atoms with E-state index < -0.39 is 0 Å². The lowest BCUT2D eigenvalue weighted by atomic mass is 9.93. The van der Waals surface area contributed by atoms with Gasteiger partial charge in [-0.05, 0) is 37.1 Å². The molecule has 3 rings (SSSR count). The minimum absolute atomic E-state index is 0.124. The van der Waals surface area contributed by atoms with Crippen molar-refractivity contribution in [2.75, 3.05) is 39.3 Å². The van der Waals surface area contributed by atoms with Crippen LogP contribution in [0, 0.1) is 17.8 Å². The minimum atomic E-state index is 0.124. The zero-order valence-electron chi connectivity index (χ0n) is 13.0. The van der Waals surface area contributed by atoms with Crippen molar-refractivity contribution in [2.45, 2.75) is 39.2 Å². The molecule has 3 atom stereocenters. The molecule has 2 aliphatic heterocycles. The Morgan fingerprint density at radius 3 is 2.65 bits per heavy atom. The van der Waals surface area contributed by atoms with Gasteiger partial charge in [-0.3, -0.25) is 9.69 Å². The molecule has 1 saturated carbocycles. The maximum absolute atomic E-state index is 12.7. The summed E-state index contributed by atoms with van der Waals surface area (Å²) in [4.78, 5) is 17.3. The van der Waals surface area contributed by atoms with E-state index >= 15 is 0 Å². The Balaban J connectivity index is 1.52. The number of nitrogens with one attached hydrogen (secondary N) is 1. The van der Waals surface area contributed by atoms with E-state index in [-0.39, 0.29) is 6.04 Å². The molecular formula is C16H29N3O. The summed E-state index contributed by atoms with van der Waals surface area (Å²) in [5, 5.41) is 3.49. The van der Waals surface area contributed by atoms with Crippen molar-refractivity contribution in [1.82, 2.24) is 15.1 Å². The number of nitrogens with zero attached hydrogens (tertiary/aromatic N) is 2. The lowest BCUT2D eigenvalue weighted by molar-refractivity contribution is -0.136. The van der Waals surface area contributed by atoms with E-state index in [0.29, 0.717) is 17.7 Å². The molecule has 114 valence electrons. The van der Waals surface area contributed by atoms with Gasteiger partial charge in [0.2, 0.25) is 5.91 Å². The fraction of sp³-hybridized carbons (Fsp3) is 0.938. The second kappa shape index (κ2) is 6.02. The van der Waals surface area contributed by atoms with Gasteiger partial charge < -0.3 is 10.2 Å². The zero-order chi connectivity index (χ0) is 14.1. The highest BCUT2D eigenvalue weighted by atomic mass is 16.2. The maximum atomic E-state index is 12.7. The van der Waals surface area contributed by atoms with Gasteiger partial charge in [-0.15, -0.1) is 0 Å². The molecule has 3 fully saturated rings. The monoisotopic (exact) mass is 279 g/mol. The van der Waals surface area contributed by atoms with Crippen LogP contribution in [0.2, 0.25) is 0 Å². The largest absolute Gasteiger partial charge is 0.339 e. The predicted molar refractivity (Wildman–Crippen MR) is 80.5 cm³/mol. The Morgan fingerprint density at radius 2 is 1.95 bits per heavy atom. The number of rotatable bonds is 3. The van der Waals surface area contributed by atoms with Crippen LogP contribution in [-0.4, -0.2) is 61.0 Å². The molecule has 2 heterocycles. The van der Waals surface area contributed by atoms with E-state index in [2.05, 4.69) is 29.0 Å². The van der Waals surface area contributed by atoms with Gasteiger partial charge in [-0.1, -0.05) is 20.3 Å². The van der Waals surface area contributed by atoms with Crippen molar-refractivity contribution in [3.63, 3.8) is 0 Å². The molecule has 20 heavy (non-hydrogen) atoms. The molecule has 0 aromatic heterocycles. The summed E-state index contributed by atoms with van der Waals surface area (Å²) in [6.45, 7) is 10.7. The number of hydrogen-bond donors (Lipinski definition) is 1. The molecule has 1 N–H and O–H groups in total. The Kier molecular flexibility index (Phi) is 4.32. The fourth-order valence-corrected chi connectivity index (χ4v) is 4.32. The van der Waals surface area contributed by atoms with Crippen molar-refractivity contribution in [3.8, 4) is 0 Å². The van der Waals surface area contributed by atoms with E-state index in [4.69, 9.17) is 0 Å². The Labute approximate surface area is 122 Å². The summed E-state index contributed by atoms with van der Waals surface area (Å²) in [5.41, 5.74) is 0. The van der Waals surface area contributed by atoms with Crippen LogP contribution < -0.4 is 5.32 Å². The molecule has 4 heteroatoms. The first-order valence-corrected chi connectivity index (χ1v) is 8.39. The van der Waals surface area contributed by atoms with E-state index in [9.17, 15) is 4.79 Å². The van der Waals surface area contributed by atoms with E-state index in [1.165, 1.54) is 19.3 Å². The normalized spacial score (nSPS) is 34.8. The number of amides is 1. The fourth-order valence-electron chi connectivity index (χ4n) is 4.32. The number of carbonyl (C=O) groups excluding carboxylic acids is 1. The maximum Gasteiger partial charge on any atom is 0.240 e. The van der Waals surface area contributed by atoms with E-state index in [0.717, 1.165) is 45.2 Å². The van der Waals surface area contributed by atoms with Gasteiger partial charge in [0.05, 0.1) is 6.04 Å². The van der Waals surface area contributed by atoms with Crippen LogP contribution in [0.5, 0.6) is 0 Å². The molecule has 3 unspecified atom stereocenters. The molecule has 1 amide bonds. The van der Waals surface area contributed by atoms with Crippen LogP contribution in [0.15, 0.2) is 0 Å². The number of carbonyl (C=O) groups is 1. The minimum Gasteiger partial charge on any atom is -0.339 e. The third kappa shape index (κ3) is 2.86. The van der Waals surface area contributed by atoms with E-state index in [1.54, 1.807) is 0 Å². The highest BCUT2D eigenvalue weighted by Gasteiger charge is 2.43. The zero-order valence-corrected chi connectivity index (χ0v) is 13.0. The van der Waals surface area contributed by atoms with Crippen LogP contribution in [0.25, 0.3) is 0 Å². The lowest BCUT2D eigenvalue weighted by Gasteiger charge is -2.37. The van der Waals surface area contributed by atoms with Crippen LogP contribution in [-0.2, 0) is 4.79 Å². The molecule has 3 aliphatic rings. The average Bonchev–Trinajstić information content (AvgIpc) is 3.00. The summed E-state index contributed by atoms with van der Waals surface area (Å²) in [6.07, 6.45) is 3.90. The Morgan fingerprint density at radius 1 is 1.20 bits per heavy atom. The molecule has 0 radical (unpaired) electrons. The number of hydrogen-bond acceptors (Lipinski definition) is 3. The third-order valence-electron chi connectivity index (χ3n) is 5.32. The van der Waals surface area contributed by atoms with Gasteiger partial charge in [0.25, 0.3) is 0 Å². The van der Waals surface area contributed by atoms with E-state index in [1.807, 2.05) is 0 Å². The average molecular weight is 279 g/mol.